The van der Waals surface area contributed by atoms with E-state index in [1.54, 1.807) is 36.4 Å². The zero-order valence-corrected chi connectivity index (χ0v) is 13.4. The maximum atomic E-state index is 12.8. The van der Waals surface area contributed by atoms with Crippen molar-refractivity contribution in [1.82, 2.24) is 4.90 Å². The molecule has 0 saturated carbocycles. The van der Waals surface area contributed by atoms with Crippen molar-refractivity contribution in [3.05, 3.63) is 65.7 Å². The number of benzene rings is 2. The van der Waals surface area contributed by atoms with Gasteiger partial charge in [-0.3, -0.25) is 0 Å². The molecule has 0 atom stereocenters. The fraction of sp³-hybridized carbons (Fsp3) is 0.235. The Balaban J connectivity index is 2.11. The van der Waals surface area contributed by atoms with Crippen molar-refractivity contribution in [2.45, 2.75) is 19.6 Å². The molecule has 0 saturated heterocycles. The summed E-state index contributed by atoms with van der Waals surface area (Å²) >= 11 is 5.17. The van der Waals surface area contributed by atoms with E-state index in [-0.39, 0.29) is 11.7 Å². The highest BCUT2D eigenvalue weighted by Gasteiger charge is 2.32. The summed E-state index contributed by atoms with van der Waals surface area (Å²) in [7, 11) is 0. The highest BCUT2D eigenvalue weighted by atomic mass is 32.1. The molecule has 6 heteroatoms. The van der Waals surface area contributed by atoms with Crippen LogP contribution in [0.1, 0.15) is 11.1 Å². The average molecular weight is 338 g/mol. The molecule has 0 heterocycles. The predicted molar refractivity (Wildman–Crippen MR) is 90.3 cm³/mol. The van der Waals surface area contributed by atoms with Crippen molar-refractivity contribution in [1.29, 1.82) is 0 Å². The molecule has 23 heavy (non-hydrogen) atoms. The number of alkyl halides is 3. The Kier molecular flexibility index (Phi) is 5.60. The monoisotopic (exact) mass is 338 g/mol. The molecule has 2 nitrogen and oxygen atoms in total. The van der Waals surface area contributed by atoms with Gasteiger partial charge in [0.1, 0.15) is 6.54 Å². The maximum absolute atomic E-state index is 12.8. The second-order valence-corrected chi connectivity index (χ2v) is 5.64. The molecular weight excluding hydrogens is 321 g/mol. The van der Waals surface area contributed by atoms with Gasteiger partial charge in [-0.25, -0.2) is 0 Å². The Labute approximate surface area is 138 Å². The molecule has 2 aromatic rings. The third kappa shape index (κ3) is 5.90. The van der Waals surface area contributed by atoms with Gasteiger partial charge in [0.15, 0.2) is 5.11 Å². The number of hydrogen-bond donors (Lipinski definition) is 1. The number of halogens is 3. The van der Waals surface area contributed by atoms with Crippen LogP contribution in [0.25, 0.3) is 0 Å². The van der Waals surface area contributed by atoms with Gasteiger partial charge in [-0.1, -0.05) is 48.0 Å². The van der Waals surface area contributed by atoms with E-state index in [1.165, 1.54) is 0 Å². The molecule has 0 aliphatic heterocycles. The third-order valence-electron chi connectivity index (χ3n) is 3.18. The molecule has 2 rings (SSSR count). The van der Waals surface area contributed by atoms with Crippen molar-refractivity contribution in [3.8, 4) is 0 Å². The largest absolute Gasteiger partial charge is 0.406 e. The lowest BCUT2D eigenvalue weighted by atomic mass is 10.2. The smallest absolute Gasteiger partial charge is 0.336 e. The summed E-state index contributed by atoms with van der Waals surface area (Å²) in [4.78, 5) is 1.12. The van der Waals surface area contributed by atoms with Crippen LogP contribution in [0.15, 0.2) is 54.6 Å². The predicted octanol–water partition coefficient (Wildman–Crippen LogP) is 4.76. The van der Waals surface area contributed by atoms with Crippen LogP contribution in [0.4, 0.5) is 18.9 Å². The van der Waals surface area contributed by atoms with Crippen LogP contribution < -0.4 is 5.32 Å². The van der Waals surface area contributed by atoms with Crippen molar-refractivity contribution in [3.63, 3.8) is 0 Å². The molecule has 0 unspecified atom stereocenters. The van der Waals surface area contributed by atoms with E-state index in [9.17, 15) is 13.2 Å². The quantitative estimate of drug-likeness (QED) is 0.810. The Morgan fingerprint density at radius 3 is 2.22 bits per heavy atom. The summed E-state index contributed by atoms with van der Waals surface area (Å²) in [6.45, 7) is 0.936. The van der Waals surface area contributed by atoms with E-state index in [0.717, 1.165) is 16.0 Å². The zero-order valence-electron chi connectivity index (χ0n) is 12.6. The minimum atomic E-state index is -4.33. The van der Waals surface area contributed by atoms with Crippen LogP contribution in [-0.2, 0) is 6.54 Å². The van der Waals surface area contributed by atoms with Crippen LogP contribution in [0.3, 0.4) is 0 Å². The second-order valence-electron chi connectivity index (χ2n) is 5.25. The van der Waals surface area contributed by atoms with E-state index in [2.05, 4.69) is 5.32 Å². The fourth-order valence-corrected chi connectivity index (χ4v) is 2.31. The van der Waals surface area contributed by atoms with E-state index in [0.29, 0.717) is 5.69 Å². The molecule has 0 radical (unpaired) electrons. The van der Waals surface area contributed by atoms with Crippen molar-refractivity contribution >= 4 is 23.0 Å². The van der Waals surface area contributed by atoms with Gasteiger partial charge in [-0.2, -0.15) is 13.2 Å². The fourth-order valence-electron chi connectivity index (χ4n) is 2.06. The van der Waals surface area contributed by atoms with Gasteiger partial charge in [-0.05, 0) is 36.8 Å². The number of hydrogen-bond acceptors (Lipinski definition) is 1. The van der Waals surface area contributed by atoms with Gasteiger partial charge in [0.05, 0.1) is 0 Å². The molecule has 0 spiro atoms. The molecule has 2 aromatic carbocycles. The molecule has 0 fully saturated rings. The summed E-state index contributed by atoms with van der Waals surface area (Å²) < 4.78 is 38.5. The van der Waals surface area contributed by atoms with E-state index in [1.807, 2.05) is 25.1 Å². The topological polar surface area (TPSA) is 15.3 Å². The highest BCUT2D eigenvalue weighted by molar-refractivity contribution is 7.80. The van der Waals surface area contributed by atoms with Gasteiger partial charge in [0.2, 0.25) is 0 Å². The molecule has 0 aromatic heterocycles. The third-order valence-corrected chi connectivity index (χ3v) is 3.54. The lowest BCUT2D eigenvalue weighted by molar-refractivity contribution is -0.138. The number of anilines is 1. The average Bonchev–Trinajstić information content (AvgIpc) is 2.48. The Morgan fingerprint density at radius 1 is 1.04 bits per heavy atom. The summed E-state index contributed by atoms with van der Waals surface area (Å²) in [5.41, 5.74) is 2.50. The van der Waals surface area contributed by atoms with Gasteiger partial charge < -0.3 is 10.2 Å². The van der Waals surface area contributed by atoms with Crippen LogP contribution in [0.2, 0.25) is 0 Å². The molecule has 0 aliphatic rings. The van der Waals surface area contributed by atoms with Gasteiger partial charge in [0.25, 0.3) is 0 Å². The highest BCUT2D eigenvalue weighted by Crippen LogP contribution is 2.19. The normalized spacial score (nSPS) is 11.1. The van der Waals surface area contributed by atoms with Crippen LogP contribution in [0.5, 0.6) is 0 Å². The van der Waals surface area contributed by atoms with Gasteiger partial charge in [-0.15, -0.1) is 0 Å². The maximum Gasteiger partial charge on any atom is 0.406 e. The summed E-state index contributed by atoms with van der Waals surface area (Å²) in [5.74, 6) is 0. The first-order chi connectivity index (χ1) is 10.8. The number of rotatable bonds is 4. The lowest BCUT2D eigenvalue weighted by Crippen LogP contribution is -2.40. The molecule has 0 aliphatic carbocycles. The SMILES string of the molecule is Cc1ccc(NC(=S)N(Cc2ccccc2)CC(F)(F)F)cc1. The molecule has 0 amide bonds. The molecule has 1 N–H and O–H groups in total. The zero-order chi connectivity index (χ0) is 16.9. The molecule has 122 valence electrons. The summed E-state index contributed by atoms with van der Waals surface area (Å²) in [5, 5.41) is 2.92. The second kappa shape index (κ2) is 7.46. The minimum Gasteiger partial charge on any atom is -0.336 e. The van der Waals surface area contributed by atoms with Crippen LogP contribution >= 0.6 is 12.2 Å². The number of aryl methyl sites for hydroxylation is 1. The Morgan fingerprint density at radius 2 is 1.65 bits per heavy atom. The standard InChI is InChI=1S/C17H17F3N2S/c1-13-7-9-15(10-8-13)21-16(23)22(12-17(18,19)20)11-14-5-3-2-4-6-14/h2-10H,11-12H2,1H3,(H,21,23). The van der Waals surface area contributed by atoms with Crippen molar-refractivity contribution < 1.29 is 13.2 Å². The van der Waals surface area contributed by atoms with Crippen LogP contribution in [0, 0.1) is 6.92 Å². The first kappa shape index (κ1) is 17.3. The van der Waals surface area contributed by atoms with Crippen molar-refractivity contribution in [2.24, 2.45) is 0 Å². The van der Waals surface area contributed by atoms with Gasteiger partial charge in [0, 0.05) is 12.2 Å². The van der Waals surface area contributed by atoms with Gasteiger partial charge >= 0.3 is 6.18 Å². The summed E-state index contributed by atoms with van der Waals surface area (Å²) in [6, 6.07) is 16.3. The van der Waals surface area contributed by atoms with E-state index < -0.39 is 12.7 Å². The number of thiocarbonyl (C=S) groups is 1. The first-order valence-electron chi connectivity index (χ1n) is 7.07. The summed E-state index contributed by atoms with van der Waals surface area (Å²) in [6.07, 6.45) is -4.33. The van der Waals surface area contributed by atoms with Crippen LogP contribution in [-0.4, -0.2) is 22.7 Å². The minimum absolute atomic E-state index is 0.0510. The number of nitrogens with one attached hydrogen (secondary N) is 1. The Hall–Kier alpha value is -2.08. The number of nitrogens with zero attached hydrogens (tertiary/aromatic N) is 1. The van der Waals surface area contributed by atoms with E-state index >= 15 is 0 Å². The lowest BCUT2D eigenvalue weighted by Gasteiger charge is -2.27. The molecular formula is C17H17F3N2S. The first-order valence-corrected chi connectivity index (χ1v) is 7.47. The van der Waals surface area contributed by atoms with E-state index in [4.69, 9.17) is 12.2 Å². The molecule has 0 bridgehead atoms. The van der Waals surface area contributed by atoms with Crippen molar-refractivity contribution in [2.75, 3.05) is 11.9 Å². The Bertz CT molecular complexity index is 639.